The maximum Gasteiger partial charge on any atom is 0.0637 e. The number of nitrogens with zero attached hydrogens (tertiary/aromatic N) is 4. The predicted molar refractivity (Wildman–Crippen MR) is 148 cm³/mol. The average Bonchev–Trinajstić information content (AvgIpc) is 2.86. The fourth-order valence-corrected chi connectivity index (χ4v) is 7.03. The van der Waals surface area contributed by atoms with E-state index in [-0.39, 0.29) is 0 Å². The monoisotopic (exact) mass is 474 g/mol. The van der Waals surface area contributed by atoms with Crippen LogP contribution >= 0.6 is 0 Å². The van der Waals surface area contributed by atoms with Gasteiger partial charge < -0.3 is 14.7 Å². The summed E-state index contributed by atoms with van der Waals surface area (Å²) in [6, 6.07) is 13.9. The SMILES string of the molecule is CC(C)N1CCCC(C2Cc3ccc(C4CCc5ncccc5N4C(C)C)cc3N(C(C)C)C2)C1. The molecule has 2 aromatic rings. The number of hydrogen-bond acceptors (Lipinski definition) is 4. The second-order valence-electron chi connectivity index (χ2n) is 12.1. The first-order chi connectivity index (χ1) is 16.8. The van der Waals surface area contributed by atoms with Gasteiger partial charge in [0.05, 0.1) is 17.4 Å². The smallest absolute Gasteiger partial charge is 0.0637 e. The van der Waals surface area contributed by atoms with E-state index in [4.69, 9.17) is 4.98 Å². The van der Waals surface area contributed by atoms with E-state index in [2.05, 4.69) is 86.6 Å². The summed E-state index contributed by atoms with van der Waals surface area (Å²) < 4.78 is 0. The molecular weight excluding hydrogens is 428 g/mol. The lowest BCUT2D eigenvalue weighted by molar-refractivity contribution is 0.106. The zero-order chi connectivity index (χ0) is 24.7. The Morgan fingerprint density at radius 2 is 1.69 bits per heavy atom. The molecule has 0 radical (unpaired) electrons. The summed E-state index contributed by atoms with van der Waals surface area (Å²) >= 11 is 0. The van der Waals surface area contributed by atoms with Gasteiger partial charge in [0.25, 0.3) is 0 Å². The molecule has 0 spiro atoms. The van der Waals surface area contributed by atoms with Crippen molar-refractivity contribution in [2.24, 2.45) is 11.8 Å². The summed E-state index contributed by atoms with van der Waals surface area (Å²) in [5.41, 5.74) is 7.11. The van der Waals surface area contributed by atoms with Crippen molar-refractivity contribution < 1.29 is 0 Å². The van der Waals surface area contributed by atoms with E-state index in [1.165, 1.54) is 61.5 Å². The molecule has 1 saturated heterocycles. The summed E-state index contributed by atoms with van der Waals surface area (Å²) in [6.07, 6.45) is 8.13. The Morgan fingerprint density at radius 3 is 2.43 bits per heavy atom. The van der Waals surface area contributed by atoms with E-state index in [0.29, 0.717) is 24.2 Å². The lowest BCUT2D eigenvalue weighted by atomic mass is 9.78. The van der Waals surface area contributed by atoms with Gasteiger partial charge in [-0.1, -0.05) is 12.1 Å². The minimum Gasteiger partial charge on any atom is -0.369 e. The Hall–Kier alpha value is -2.07. The Morgan fingerprint density at radius 1 is 0.857 bits per heavy atom. The van der Waals surface area contributed by atoms with Crippen LogP contribution in [0.1, 0.15) is 83.7 Å². The normalized spacial score (nSPS) is 25.3. The summed E-state index contributed by atoms with van der Waals surface area (Å²) in [4.78, 5) is 12.7. The van der Waals surface area contributed by atoms with E-state index in [1.807, 2.05) is 6.20 Å². The first-order valence-electron chi connectivity index (χ1n) is 14.2. The van der Waals surface area contributed by atoms with Crippen LogP contribution in [0.25, 0.3) is 0 Å². The highest BCUT2D eigenvalue weighted by Gasteiger charge is 2.36. The van der Waals surface area contributed by atoms with Crippen LogP contribution in [0, 0.1) is 11.8 Å². The lowest BCUT2D eigenvalue weighted by Crippen LogP contribution is -2.48. The molecule has 1 aromatic carbocycles. The molecule has 4 nitrogen and oxygen atoms in total. The van der Waals surface area contributed by atoms with Crippen LogP contribution in [-0.4, -0.2) is 47.6 Å². The topological polar surface area (TPSA) is 22.6 Å². The third-order valence-corrected chi connectivity index (χ3v) is 8.92. The number of aryl methyl sites for hydroxylation is 1. The van der Waals surface area contributed by atoms with Gasteiger partial charge in [-0.05, 0) is 121 Å². The van der Waals surface area contributed by atoms with Crippen LogP contribution in [0.4, 0.5) is 11.4 Å². The standard InChI is InChI=1S/C31H46N4/c1-21(2)33-16-8-9-26(19-33)27-17-24-11-12-25(18-31(24)34(20-27)22(3)4)29-14-13-28-30(10-7-15-32-28)35(29)23(5)6/h7,10-12,15,18,21-23,26-27,29H,8-9,13-14,16-17,19-20H2,1-6H3. The number of rotatable bonds is 5. The van der Waals surface area contributed by atoms with Gasteiger partial charge in [-0.25, -0.2) is 0 Å². The molecule has 0 amide bonds. The molecule has 3 atom stereocenters. The van der Waals surface area contributed by atoms with Crippen LogP contribution < -0.4 is 9.80 Å². The Balaban J connectivity index is 1.43. The second-order valence-corrected chi connectivity index (χ2v) is 12.1. The van der Waals surface area contributed by atoms with Crippen molar-refractivity contribution in [1.82, 2.24) is 9.88 Å². The van der Waals surface area contributed by atoms with Gasteiger partial charge >= 0.3 is 0 Å². The van der Waals surface area contributed by atoms with Crippen LogP contribution in [-0.2, 0) is 12.8 Å². The van der Waals surface area contributed by atoms with Crippen molar-refractivity contribution in [1.29, 1.82) is 0 Å². The minimum absolute atomic E-state index is 0.418. The molecule has 3 unspecified atom stereocenters. The third kappa shape index (κ3) is 4.83. The van der Waals surface area contributed by atoms with Crippen molar-refractivity contribution in [3.63, 3.8) is 0 Å². The average molecular weight is 475 g/mol. The molecular formula is C31H46N4. The molecule has 35 heavy (non-hydrogen) atoms. The number of likely N-dealkylation sites (tertiary alicyclic amines) is 1. The maximum absolute atomic E-state index is 4.70. The fourth-order valence-electron chi connectivity index (χ4n) is 7.03. The fraction of sp³-hybridized carbons (Fsp3) is 0.645. The summed E-state index contributed by atoms with van der Waals surface area (Å²) in [5, 5.41) is 0. The van der Waals surface area contributed by atoms with Crippen LogP contribution in [0.15, 0.2) is 36.5 Å². The molecule has 4 heteroatoms. The van der Waals surface area contributed by atoms with Crippen molar-refractivity contribution in [2.45, 2.75) is 97.8 Å². The van der Waals surface area contributed by atoms with Crippen molar-refractivity contribution >= 4 is 11.4 Å². The number of anilines is 2. The predicted octanol–water partition coefficient (Wildman–Crippen LogP) is 6.49. The van der Waals surface area contributed by atoms with E-state index < -0.39 is 0 Å². The minimum atomic E-state index is 0.418. The zero-order valence-corrected chi connectivity index (χ0v) is 22.9. The third-order valence-electron chi connectivity index (χ3n) is 8.92. The molecule has 3 aliphatic heterocycles. The summed E-state index contributed by atoms with van der Waals surface area (Å²) in [5.74, 6) is 1.58. The van der Waals surface area contributed by atoms with Gasteiger partial charge in [-0.2, -0.15) is 0 Å². The molecule has 1 fully saturated rings. The second kappa shape index (κ2) is 10.1. The van der Waals surface area contributed by atoms with Crippen molar-refractivity contribution in [3.8, 4) is 0 Å². The van der Waals surface area contributed by atoms with Gasteiger partial charge in [0.2, 0.25) is 0 Å². The number of pyridine rings is 1. The van der Waals surface area contributed by atoms with Gasteiger partial charge in [0, 0.05) is 43.1 Å². The first-order valence-corrected chi connectivity index (χ1v) is 14.2. The molecule has 3 aliphatic rings. The number of piperidine rings is 1. The molecule has 0 N–H and O–H groups in total. The molecule has 1 aromatic heterocycles. The maximum atomic E-state index is 4.70. The van der Waals surface area contributed by atoms with E-state index in [1.54, 1.807) is 5.56 Å². The number of fused-ring (bicyclic) bond motifs is 2. The summed E-state index contributed by atoms with van der Waals surface area (Å²) in [7, 11) is 0. The van der Waals surface area contributed by atoms with Crippen LogP contribution in [0.3, 0.4) is 0 Å². The van der Waals surface area contributed by atoms with Crippen molar-refractivity contribution in [3.05, 3.63) is 53.3 Å². The zero-order valence-electron chi connectivity index (χ0n) is 22.9. The largest absolute Gasteiger partial charge is 0.369 e. The molecule has 0 aliphatic carbocycles. The number of hydrogen-bond donors (Lipinski definition) is 0. The van der Waals surface area contributed by atoms with E-state index in [9.17, 15) is 0 Å². The van der Waals surface area contributed by atoms with Gasteiger partial charge in [-0.3, -0.25) is 4.98 Å². The van der Waals surface area contributed by atoms with Crippen molar-refractivity contribution in [2.75, 3.05) is 29.4 Å². The number of benzene rings is 1. The highest BCUT2D eigenvalue weighted by molar-refractivity contribution is 5.61. The van der Waals surface area contributed by atoms with Gasteiger partial charge in [-0.15, -0.1) is 0 Å². The van der Waals surface area contributed by atoms with Crippen LogP contribution in [0.5, 0.6) is 0 Å². The molecule has 0 bridgehead atoms. The molecule has 4 heterocycles. The summed E-state index contributed by atoms with van der Waals surface area (Å²) in [6.45, 7) is 17.9. The van der Waals surface area contributed by atoms with Gasteiger partial charge in [0.15, 0.2) is 0 Å². The van der Waals surface area contributed by atoms with Gasteiger partial charge in [0.1, 0.15) is 0 Å². The first kappa shape index (κ1) is 24.6. The lowest BCUT2D eigenvalue weighted by Gasteiger charge is -2.46. The highest BCUT2D eigenvalue weighted by atomic mass is 15.2. The van der Waals surface area contributed by atoms with E-state index in [0.717, 1.165) is 24.7 Å². The quantitative estimate of drug-likeness (QED) is 0.494. The Labute approximate surface area is 213 Å². The Kier molecular flexibility index (Phi) is 7.12. The Bertz CT molecular complexity index is 1010. The molecule has 0 saturated carbocycles. The number of aromatic nitrogens is 1. The van der Waals surface area contributed by atoms with Crippen LogP contribution in [0.2, 0.25) is 0 Å². The molecule has 5 rings (SSSR count). The highest BCUT2D eigenvalue weighted by Crippen LogP contribution is 2.43. The van der Waals surface area contributed by atoms with E-state index >= 15 is 0 Å². The molecule has 190 valence electrons.